The van der Waals surface area contributed by atoms with Gasteiger partial charge in [0.15, 0.2) is 11.7 Å². The summed E-state index contributed by atoms with van der Waals surface area (Å²) in [5.41, 5.74) is 7.96. The smallest absolute Gasteiger partial charge is 0.384 e. The molecule has 2 aromatic heterocycles. The molecule has 1 aliphatic heterocycles. The molecule has 4 fully saturated rings. The van der Waals surface area contributed by atoms with Crippen molar-refractivity contribution in [3.05, 3.63) is 28.7 Å². The minimum Gasteiger partial charge on any atom is -0.384 e. The molecule has 218 valence electrons. The number of aromatic amines is 1. The number of anilines is 1. The van der Waals surface area contributed by atoms with Gasteiger partial charge in [-0.3, -0.25) is 0 Å². The van der Waals surface area contributed by atoms with Crippen molar-refractivity contribution < 1.29 is 9.15 Å². The van der Waals surface area contributed by atoms with Crippen LogP contribution in [-0.4, -0.2) is 56.9 Å². The van der Waals surface area contributed by atoms with Gasteiger partial charge < -0.3 is 29.7 Å². The van der Waals surface area contributed by atoms with Crippen LogP contribution in [0.1, 0.15) is 89.6 Å². The fourth-order valence-electron chi connectivity index (χ4n) is 7.04. The van der Waals surface area contributed by atoms with Crippen LogP contribution in [0.5, 0.6) is 0 Å². The number of H-pyrrole nitrogens is 1. The van der Waals surface area contributed by atoms with Crippen LogP contribution in [-0.2, 0) is 11.3 Å². The van der Waals surface area contributed by atoms with Crippen molar-refractivity contribution in [1.82, 2.24) is 25.1 Å². The highest BCUT2D eigenvalue weighted by molar-refractivity contribution is 5.95. The summed E-state index contributed by atoms with van der Waals surface area (Å²) in [6, 6.07) is 0.590. The zero-order valence-electron chi connectivity index (χ0n) is 23.9. The number of hydrogen-bond acceptors (Lipinski definition) is 8. The number of aliphatic imine (C=N–C) groups is 1. The lowest BCUT2D eigenvalue weighted by atomic mass is 9.80. The summed E-state index contributed by atoms with van der Waals surface area (Å²) in [4.78, 5) is 23.9. The number of morpholine rings is 1. The summed E-state index contributed by atoms with van der Waals surface area (Å²) >= 11 is 0. The Bertz CT molecular complexity index is 1280. The van der Waals surface area contributed by atoms with Crippen molar-refractivity contribution in [3.63, 3.8) is 0 Å². The van der Waals surface area contributed by atoms with E-state index in [1.165, 1.54) is 44.9 Å². The lowest BCUT2D eigenvalue weighted by molar-refractivity contribution is 0.0246. The maximum absolute atomic E-state index is 11.6. The highest BCUT2D eigenvalue weighted by Crippen LogP contribution is 2.39. The molecule has 3 saturated carbocycles. The SMILES string of the molecule is C=C(N[C@H](C)C1CCC1)c1c(N=C(N)c2n[nH]c(=O)o2)nc(N2CCOC3CCCC32)n1CC1CCC(C)CC1. The molecule has 0 amide bonds. The molecule has 0 radical (unpaired) electrons. The second-order valence-corrected chi connectivity index (χ2v) is 12.4. The van der Waals surface area contributed by atoms with Gasteiger partial charge in [0.1, 0.15) is 5.69 Å². The van der Waals surface area contributed by atoms with E-state index in [9.17, 15) is 4.79 Å². The Morgan fingerprint density at radius 2 is 1.98 bits per heavy atom. The zero-order chi connectivity index (χ0) is 27.8. The fraction of sp³-hybridized carbons (Fsp3) is 0.724. The first-order valence-corrected chi connectivity index (χ1v) is 15.2. The van der Waals surface area contributed by atoms with Gasteiger partial charge in [0.05, 0.1) is 24.4 Å². The predicted molar refractivity (Wildman–Crippen MR) is 155 cm³/mol. The molecule has 0 aromatic carbocycles. The molecule has 3 heterocycles. The summed E-state index contributed by atoms with van der Waals surface area (Å²) in [5, 5.41) is 9.84. The van der Waals surface area contributed by atoms with Crippen LogP contribution < -0.4 is 21.7 Å². The van der Waals surface area contributed by atoms with Gasteiger partial charge in [-0.15, -0.1) is 5.10 Å². The first kappa shape index (κ1) is 27.1. The first-order chi connectivity index (χ1) is 19.4. The van der Waals surface area contributed by atoms with Crippen LogP contribution in [0.3, 0.4) is 0 Å². The molecule has 1 saturated heterocycles. The van der Waals surface area contributed by atoms with E-state index < -0.39 is 5.76 Å². The average Bonchev–Trinajstić information content (AvgIpc) is 3.63. The normalized spacial score (nSPS) is 28.2. The maximum atomic E-state index is 11.6. The lowest BCUT2D eigenvalue weighted by Gasteiger charge is -2.39. The summed E-state index contributed by atoms with van der Waals surface area (Å²) in [6.45, 7) is 11.4. The Morgan fingerprint density at radius 1 is 1.20 bits per heavy atom. The summed E-state index contributed by atoms with van der Waals surface area (Å²) < 4.78 is 13.6. The average molecular weight is 553 g/mol. The van der Waals surface area contributed by atoms with E-state index in [4.69, 9.17) is 24.9 Å². The molecule has 11 nitrogen and oxygen atoms in total. The van der Waals surface area contributed by atoms with Gasteiger partial charge in [-0.1, -0.05) is 32.8 Å². The number of ether oxygens (including phenoxy) is 1. The number of nitrogens with one attached hydrogen (secondary N) is 2. The topological polar surface area (TPSA) is 140 Å². The summed E-state index contributed by atoms with van der Waals surface area (Å²) in [6.07, 6.45) is 12.2. The number of hydrogen-bond donors (Lipinski definition) is 3. The van der Waals surface area contributed by atoms with Crippen molar-refractivity contribution in [3.8, 4) is 0 Å². The third kappa shape index (κ3) is 5.44. The molecule has 2 unspecified atom stereocenters. The fourth-order valence-corrected chi connectivity index (χ4v) is 7.04. The highest BCUT2D eigenvalue weighted by atomic mass is 16.5. The Hall–Kier alpha value is -3.08. The monoisotopic (exact) mass is 552 g/mol. The Morgan fingerprint density at radius 3 is 2.67 bits per heavy atom. The Labute approximate surface area is 235 Å². The summed E-state index contributed by atoms with van der Waals surface area (Å²) in [5.74, 6) is 2.64. The number of nitrogens with two attached hydrogens (primary N) is 1. The third-order valence-electron chi connectivity index (χ3n) is 9.67. The standard InChI is InChI=1S/C29H44N8O3/c1-17-10-12-20(13-11-17)16-37-24(19(3)31-18(2)21-6-4-7-21)26(32-25(30)27-34-35-29(38)40-27)33-28(37)36-14-15-39-23-9-5-8-22(23)36/h17-18,20-23,31H,3-16H2,1-2H3,(H2,30,32)(H,35,38)/t17?,18-,20?,22?,23?/m1/s1. The third-order valence-corrected chi connectivity index (χ3v) is 9.67. The molecule has 40 heavy (non-hydrogen) atoms. The van der Waals surface area contributed by atoms with Crippen molar-refractivity contribution in [2.45, 2.75) is 103 Å². The second-order valence-electron chi connectivity index (χ2n) is 12.4. The van der Waals surface area contributed by atoms with Crippen molar-refractivity contribution in [1.29, 1.82) is 0 Å². The van der Waals surface area contributed by atoms with Crippen LogP contribution in [0, 0.1) is 17.8 Å². The number of amidine groups is 1. The molecule has 4 aliphatic rings. The molecule has 11 heteroatoms. The number of aromatic nitrogens is 4. The van der Waals surface area contributed by atoms with Crippen LogP contribution in [0.15, 0.2) is 20.8 Å². The molecule has 2 aromatic rings. The maximum Gasteiger partial charge on any atom is 0.434 e. The minimum absolute atomic E-state index is 0.00264. The Balaban J connectivity index is 1.43. The van der Waals surface area contributed by atoms with Crippen LogP contribution in [0.25, 0.3) is 5.70 Å². The van der Waals surface area contributed by atoms with E-state index in [-0.39, 0.29) is 17.8 Å². The van der Waals surface area contributed by atoms with Gasteiger partial charge in [0, 0.05) is 19.1 Å². The van der Waals surface area contributed by atoms with Crippen LogP contribution >= 0.6 is 0 Å². The molecule has 3 aliphatic carbocycles. The van der Waals surface area contributed by atoms with Crippen molar-refractivity contribution in [2.24, 2.45) is 28.5 Å². The van der Waals surface area contributed by atoms with Gasteiger partial charge >= 0.3 is 5.76 Å². The van der Waals surface area contributed by atoms with Crippen molar-refractivity contribution >= 4 is 23.3 Å². The van der Waals surface area contributed by atoms with E-state index >= 15 is 0 Å². The van der Waals surface area contributed by atoms with E-state index in [0.717, 1.165) is 55.6 Å². The van der Waals surface area contributed by atoms with E-state index in [2.05, 4.69) is 45.4 Å². The highest BCUT2D eigenvalue weighted by Gasteiger charge is 2.39. The van der Waals surface area contributed by atoms with Gasteiger partial charge in [0.25, 0.3) is 5.89 Å². The molecule has 4 N–H and O–H groups in total. The van der Waals surface area contributed by atoms with Gasteiger partial charge in [0.2, 0.25) is 5.95 Å². The molecule has 0 bridgehead atoms. The first-order valence-electron chi connectivity index (χ1n) is 15.2. The van der Waals surface area contributed by atoms with E-state index in [1.807, 2.05) is 0 Å². The van der Waals surface area contributed by atoms with Crippen LogP contribution in [0.4, 0.5) is 11.8 Å². The summed E-state index contributed by atoms with van der Waals surface area (Å²) in [7, 11) is 0. The number of nitrogens with zero attached hydrogens (tertiary/aromatic N) is 5. The largest absolute Gasteiger partial charge is 0.434 e. The van der Waals surface area contributed by atoms with Crippen LogP contribution in [0.2, 0.25) is 0 Å². The number of rotatable bonds is 9. The van der Waals surface area contributed by atoms with E-state index in [1.54, 1.807) is 0 Å². The predicted octanol–water partition coefficient (Wildman–Crippen LogP) is 3.93. The van der Waals surface area contributed by atoms with E-state index in [0.29, 0.717) is 36.3 Å². The zero-order valence-corrected chi connectivity index (χ0v) is 23.9. The molecule has 6 rings (SSSR count). The van der Waals surface area contributed by atoms with Gasteiger partial charge in [-0.05, 0) is 69.6 Å². The molecule has 3 atom stereocenters. The number of imidazole rings is 1. The quantitative estimate of drug-likeness (QED) is 0.314. The minimum atomic E-state index is -0.674. The van der Waals surface area contributed by atoms with Crippen molar-refractivity contribution in [2.75, 3.05) is 18.1 Å². The van der Waals surface area contributed by atoms with Gasteiger partial charge in [-0.2, -0.15) is 4.98 Å². The number of fused-ring (bicyclic) bond motifs is 1. The second kappa shape index (κ2) is 11.4. The molecule has 0 spiro atoms. The lowest BCUT2D eigenvalue weighted by Crippen LogP contribution is -2.49. The Kier molecular flexibility index (Phi) is 7.74. The van der Waals surface area contributed by atoms with Gasteiger partial charge in [-0.25, -0.2) is 14.9 Å². The molecular formula is C29H44N8O3. The molecular weight excluding hydrogens is 508 g/mol.